The lowest BCUT2D eigenvalue weighted by Crippen LogP contribution is -2.64. The Morgan fingerprint density at radius 2 is 2.20 bits per heavy atom. The van der Waals surface area contributed by atoms with Crippen molar-refractivity contribution in [1.29, 1.82) is 0 Å². The number of amides is 1. The van der Waals surface area contributed by atoms with Crippen molar-refractivity contribution in [3.05, 3.63) is 27.7 Å². The first-order valence-corrected chi connectivity index (χ1v) is 7.83. The summed E-state index contributed by atoms with van der Waals surface area (Å²) in [7, 11) is 0. The van der Waals surface area contributed by atoms with Gasteiger partial charge in [-0.2, -0.15) is 0 Å². The Balaban J connectivity index is 1.50. The number of benzene rings is 1. The molecule has 1 aliphatic carbocycles. The van der Waals surface area contributed by atoms with Gasteiger partial charge in [0.1, 0.15) is 0 Å². The molecule has 0 atom stereocenters. The zero-order valence-corrected chi connectivity index (χ0v) is 13.2. The lowest BCUT2D eigenvalue weighted by Gasteiger charge is -2.46. The second kappa shape index (κ2) is 5.30. The molecule has 1 heterocycles. The van der Waals surface area contributed by atoms with Gasteiger partial charge in [-0.1, -0.05) is 27.5 Å². The molecule has 1 aromatic rings. The predicted octanol–water partition coefficient (Wildman–Crippen LogP) is 2.50. The number of anilines is 1. The standard InChI is InChI=1S/C14H16BrClN2O2/c15-10-3-4-12(11(16)5-10)17-13(19)6-18-7-14(20,8-18)9-1-2-9/h3-5,9,20H,1-2,6-8H2,(H,17,19). The number of rotatable bonds is 4. The van der Waals surface area contributed by atoms with Crippen LogP contribution in [0.5, 0.6) is 0 Å². The summed E-state index contributed by atoms with van der Waals surface area (Å²) in [6.07, 6.45) is 2.23. The van der Waals surface area contributed by atoms with Gasteiger partial charge in [0.15, 0.2) is 0 Å². The van der Waals surface area contributed by atoms with Crippen molar-refractivity contribution in [3.63, 3.8) is 0 Å². The van der Waals surface area contributed by atoms with Crippen LogP contribution in [0.2, 0.25) is 5.02 Å². The first-order valence-electron chi connectivity index (χ1n) is 6.66. The van der Waals surface area contributed by atoms with E-state index >= 15 is 0 Å². The highest BCUT2D eigenvalue weighted by Crippen LogP contribution is 2.44. The maximum absolute atomic E-state index is 11.9. The molecule has 2 fully saturated rings. The minimum absolute atomic E-state index is 0.105. The van der Waals surface area contributed by atoms with Gasteiger partial charge < -0.3 is 10.4 Å². The Morgan fingerprint density at radius 1 is 1.50 bits per heavy atom. The van der Waals surface area contributed by atoms with Gasteiger partial charge in [-0.15, -0.1) is 0 Å². The maximum Gasteiger partial charge on any atom is 0.238 e. The number of carbonyl (C=O) groups excluding carboxylic acids is 1. The van der Waals surface area contributed by atoms with Crippen LogP contribution in [-0.4, -0.2) is 41.1 Å². The lowest BCUT2D eigenvalue weighted by molar-refractivity contribution is -0.132. The molecule has 0 radical (unpaired) electrons. The summed E-state index contributed by atoms with van der Waals surface area (Å²) < 4.78 is 0.873. The number of β-amino-alcohol motifs (C(OH)–C–C–N with tert-alkyl or cyclic N) is 1. The van der Waals surface area contributed by atoms with E-state index in [0.29, 0.717) is 36.3 Å². The molecule has 1 saturated heterocycles. The van der Waals surface area contributed by atoms with E-state index in [1.54, 1.807) is 12.1 Å². The van der Waals surface area contributed by atoms with Crippen LogP contribution in [0.25, 0.3) is 0 Å². The molecule has 1 aliphatic heterocycles. The molecule has 2 N–H and O–H groups in total. The lowest BCUT2D eigenvalue weighted by atomic mass is 9.89. The van der Waals surface area contributed by atoms with Crippen LogP contribution in [-0.2, 0) is 4.79 Å². The van der Waals surface area contributed by atoms with Crippen LogP contribution in [0.1, 0.15) is 12.8 Å². The summed E-state index contributed by atoms with van der Waals surface area (Å²) in [5, 5.41) is 13.5. The number of halogens is 2. The predicted molar refractivity (Wildman–Crippen MR) is 81.9 cm³/mol. The molecule has 1 amide bonds. The van der Waals surface area contributed by atoms with Crippen molar-refractivity contribution in [1.82, 2.24) is 4.90 Å². The van der Waals surface area contributed by atoms with E-state index in [0.717, 1.165) is 17.3 Å². The van der Waals surface area contributed by atoms with E-state index in [-0.39, 0.29) is 5.91 Å². The average molecular weight is 360 g/mol. The van der Waals surface area contributed by atoms with E-state index in [1.807, 2.05) is 11.0 Å². The number of likely N-dealkylation sites (tertiary alicyclic amines) is 1. The molecule has 4 nitrogen and oxygen atoms in total. The number of nitrogens with one attached hydrogen (secondary N) is 1. The summed E-state index contributed by atoms with van der Waals surface area (Å²) in [4.78, 5) is 13.9. The molecule has 1 saturated carbocycles. The molecule has 108 valence electrons. The van der Waals surface area contributed by atoms with Gasteiger partial charge in [-0.05, 0) is 37.0 Å². The van der Waals surface area contributed by atoms with Gasteiger partial charge in [0.2, 0.25) is 5.91 Å². The van der Waals surface area contributed by atoms with Crippen molar-refractivity contribution in [2.75, 3.05) is 25.0 Å². The maximum atomic E-state index is 11.9. The van der Waals surface area contributed by atoms with Gasteiger partial charge in [-0.25, -0.2) is 0 Å². The average Bonchev–Trinajstić information content (AvgIpc) is 3.15. The summed E-state index contributed by atoms with van der Waals surface area (Å²) in [6.45, 7) is 1.49. The zero-order chi connectivity index (χ0) is 14.3. The van der Waals surface area contributed by atoms with Gasteiger partial charge in [0.05, 0.1) is 22.9 Å². The Hall–Kier alpha value is -0.620. The van der Waals surface area contributed by atoms with Crippen molar-refractivity contribution in [3.8, 4) is 0 Å². The normalized spacial score (nSPS) is 21.4. The second-order valence-corrected chi connectivity index (χ2v) is 7.02. The molecule has 1 aromatic carbocycles. The van der Waals surface area contributed by atoms with Crippen LogP contribution < -0.4 is 5.32 Å². The Kier molecular flexibility index (Phi) is 3.79. The van der Waals surface area contributed by atoms with Crippen LogP contribution in [0.3, 0.4) is 0 Å². The second-order valence-electron chi connectivity index (χ2n) is 5.70. The summed E-state index contributed by atoms with van der Waals surface area (Å²) in [6, 6.07) is 5.34. The third kappa shape index (κ3) is 3.01. The number of nitrogens with zero attached hydrogens (tertiary/aromatic N) is 1. The van der Waals surface area contributed by atoms with Crippen LogP contribution >= 0.6 is 27.5 Å². The summed E-state index contributed by atoms with van der Waals surface area (Å²) in [5.41, 5.74) is 0.0630. The monoisotopic (exact) mass is 358 g/mol. The van der Waals surface area contributed by atoms with Crippen molar-refractivity contribution in [2.24, 2.45) is 5.92 Å². The van der Waals surface area contributed by atoms with Crippen LogP contribution in [0.15, 0.2) is 22.7 Å². The molecule has 6 heteroatoms. The topological polar surface area (TPSA) is 52.6 Å². The van der Waals surface area contributed by atoms with Crippen molar-refractivity contribution >= 4 is 39.1 Å². The number of carbonyl (C=O) groups is 1. The Morgan fingerprint density at radius 3 is 2.80 bits per heavy atom. The van der Waals surface area contributed by atoms with E-state index < -0.39 is 5.60 Å². The van der Waals surface area contributed by atoms with E-state index in [9.17, 15) is 9.90 Å². The SMILES string of the molecule is O=C(CN1CC(O)(C2CC2)C1)Nc1ccc(Br)cc1Cl. The van der Waals surface area contributed by atoms with Gasteiger partial charge in [-0.3, -0.25) is 9.69 Å². The van der Waals surface area contributed by atoms with E-state index in [4.69, 9.17) is 11.6 Å². The highest BCUT2D eigenvalue weighted by molar-refractivity contribution is 9.10. The highest BCUT2D eigenvalue weighted by atomic mass is 79.9. The smallest absolute Gasteiger partial charge is 0.238 e. The first-order chi connectivity index (χ1) is 9.46. The van der Waals surface area contributed by atoms with Crippen molar-refractivity contribution in [2.45, 2.75) is 18.4 Å². The fourth-order valence-electron chi connectivity index (χ4n) is 2.70. The highest BCUT2D eigenvalue weighted by Gasteiger charge is 2.51. The third-order valence-corrected chi connectivity index (χ3v) is 4.71. The number of aliphatic hydroxyl groups is 1. The Labute approximate surface area is 131 Å². The van der Waals surface area contributed by atoms with Gasteiger partial charge >= 0.3 is 0 Å². The Bertz CT molecular complexity index is 542. The number of hydrogen-bond donors (Lipinski definition) is 2. The van der Waals surface area contributed by atoms with Crippen LogP contribution in [0.4, 0.5) is 5.69 Å². The van der Waals surface area contributed by atoms with Crippen molar-refractivity contribution < 1.29 is 9.90 Å². The molecule has 0 unspecified atom stereocenters. The molecular weight excluding hydrogens is 344 g/mol. The largest absolute Gasteiger partial charge is 0.387 e. The molecule has 20 heavy (non-hydrogen) atoms. The molecular formula is C14H16BrClN2O2. The summed E-state index contributed by atoms with van der Waals surface area (Å²) in [5.74, 6) is 0.342. The third-order valence-electron chi connectivity index (χ3n) is 3.90. The van der Waals surface area contributed by atoms with E-state index in [2.05, 4.69) is 21.2 Å². The zero-order valence-electron chi connectivity index (χ0n) is 10.9. The van der Waals surface area contributed by atoms with Crippen LogP contribution in [0, 0.1) is 5.92 Å². The first kappa shape index (κ1) is 14.3. The minimum atomic E-state index is -0.546. The quantitative estimate of drug-likeness (QED) is 0.868. The van der Waals surface area contributed by atoms with Gasteiger partial charge in [0, 0.05) is 17.6 Å². The van der Waals surface area contributed by atoms with Gasteiger partial charge in [0.25, 0.3) is 0 Å². The fourth-order valence-corrected chi connectivity index (χ4v) is 3.42. The molecule has 0 bridgehead atoms. The molecule has 0 spiro atoms. The fraction of sp³-hybridized carbons (Fsp3) is 0.500. The van der Waals surface area contributed by atoms with E-state index in [1.165, 1.54) is 0 Å². The number of hydrogen-bond acceptors (Lipinski definition) is 3. The molecule has 2 aliphatic rings. The summed E-state index contributed by atoms with van der Waals surface area (Å²) >= 11 is 9.38. The molecule has 0 aromatic heterocycles. The molecule has 3 rings (SSSR count). The minimum Gasteiger partial charge on any atom is -0.387 e.